The summed E-state index contributed by atoms with van der Waals surface area (Å²) in [6.45, 7) is -0.216. The van der Waals surface area contributed by atoms with Gasteiger partial charge in [0.2, 0.25) is 0 Å². The van der Waals surface area contributed by atoms with E-state index in [2.05, 4.69) is 4.98 Å². The Hall–Kier alpha value is -2.35. The zero-order chi connectivity index (χ0) is 15.9. The average molecular weight is 326 g/mol. The number of aromatic amines is 1. The second-order valence-electron chi connectivity index (χ2n) is 4.68. The number of aromatic nitrogens is 2. The summed E-state index contributed by atoms with van der Waals surface area (Å²) in [7, 11) is 0. The maximum absolute atomic E-state index is 12.7. The molecular weight excluding hydrogens is 317 g/mol. The fourth-order valence-electron chi connectivity index (χ4n) is 2.14. The molecule has 0 fully saturated rings. The molecule has 2 aromatic heterocycles. The van der Waals surface area contributed by atoms with Gasteiger partial charge in [-0.05, 0) is 29.1 Å². The molecule has 8 heteroatoms. The molecule has 3 aromatic rings. The Bertz CT molecular complexity index is 953. The average Bonchev–Trinajstić information content (AvgIpc) is 2.91. The number of thiophene rings is 1. The number of alkyl halides is 3. The van der Waals surface area contributed by atoms with Crippen LogP contribution in [0.2, 0.25) is 0 Å². The van der Waals surface area contributed by atoms with Gasteiger partial charge >= 0.3 is 11.9 Å². The minimum absolute atomic E-state index is 0.216. The van der Waals surface area contributed by atoms with Crippen LogP contribution in [-0.4, -0.2) is 9.55 Å². The van der Waals surface area contributed by atoms with Gasteiger partial charge in [0.25, 0.3) is 5.56 Å². The monoisotopic (exact) mass is 326 g/mol. The molecule has 0 aliphatic rings. The third kappa shape index (κ3) is 2.57. The van der Waals surface area contributed by atoms with Gasteiger partial charge in [0, 0.05) is 0 Å². The fraction of sp³-hybridized carbons (Fsp3) is 0.143. The van der Waals surface area contributed by atoms with Crippen LogP contribution >= 0.6 is 11.3 Å². The van der Waals surface area contributed by atoms with Gasteiger partial charge < -0.3 is 4.98 Å². The van der Waals surface area contributed by atoms with Crippen molar-refractivity contribution in [2.45, 2.75) is 12.7 Å². The first-order chi connectivity index (χ1) is 10.4. The molecule has 0 aliphatic carbocycles. The number of H-pyrrole nitrogens is 1. The lowest BCUT2D eigenvalue weighted by Crippen LogP contribution is -2.34. The Labute approximate surface area is 125 Å². The molecule has 3 rings (SSSR count). The van der Waals surface area contributed by atoms with Crippen molar-refractivity contribution in [3.63, 3.8) is 0 Å². The van der Waals surface area contributed by atoms with Crippen LogP contribution < -0.4 is 11.2 Å². The van der Waals surface area contributed by atoms with Crippen molar-refractivity contribution in [3.8, 4) is 0 Å². The van der Waals surface area contributed by atoms with E-state index in [4.69, 9.17) is 0 Å². The van der Waals surface area contributed by atoms with E-state index < -0.39 is 23.0 Å². The van der Waals surface area contributed by atoms with Crippen LogP contribution in [0, 0.1) is 0 Å². The molecule has 0 saturated carbocycles. The molecule has 1 N–H and O–H groups in total. The lowest BCUT2D eigenvalue weighted by molar-refractivity contribution is -0.137. The van der Waals surface area contributed by atoms with E-state index in [1.165, 1.54) is 23.5 Å². The van der Waals surface area contributed by atoms with E-state index in [0.29, 0.717) is 10.2 Å². The molecule has 22 heavy (non-hydrogen) atoms. The Morgan fingerprint density at radius 1 is 1.18 bits per heavy atom. The summed E-state index contributed by atoms with van der Waals surface area (Å²) in [4.78, 5) is 26.7. The van der Waals surface area contributed by atoms with Crippen LogP contribution in [0.3, 0.4) is 0 Å². The van der Waals surface area contributed by atoms with Gasteiger partial charge in [0.1, 0.15) is 4.70 Å². The summed E-state index contributed by atoms with van der Waals surface area (Å²) >= 11 is 1.17. The molecule has 2 heterocycles. The van der Waals surface area contributed by atoms with Crippen molar-refractivity contribution >= 4 is 21.6 Å². The zero-order valence-electron chi connectivity index (χ0n) is 11.0. The van der Waals surface area contributed by atoms with E-state index in [-0.39, 0.29) is 12.1 Å². The molecular formula is C14H9F3N2O2S. The number of rotatable bonds is 2. The Balaban J connectivity index is 2.07. The minimum atomic E-state index is -4.47. The van der Waals surface area contributed by atoms with Crippen LogP contribution in [0.15, 0.2) is 45.3 Å². The van der Waals surface area contributed by atoms with Crippen molar-refractivity contribution < 1.29 is 13.2 Å². The molecule has 0 unspecified atom stereocenters. The van der Waals surface area contributed by atoms with Crippen molar-refractivity contribution in [1.29, 1.82) is 0 Å². The number of nitrogens with zero attached hydrogens (tertiary/aromatic N) is 1. The highest BCUT2D eigenvalue weighted by Gasteiger charge is 2.30. The molecule has 1 aromatic carbocycles. The fourth-order valence-corrected chi connectivity index (χ4v) is 2.94. The van der Waals surface area contributed by atoms with Crippen molar-refractivity contribution in [2.75, 3.05) is 0 Å². The van der Waals surface area contributed by atoms with Crippen LogP contribution in [0.1, 0.15) is 11.1 Å². The summed E-state index contributed by atoms with van der Waals surface area (Å²) < 4.78 is 39.4. The van der Waals surface area contributed by atoms with Gasteiger partial charge in [-0.15, -0.1) is 11.3 Å². The predicted molar refractivity (Wildman–Crippen MR) is 77.3 cm³/mol. The first kappa shape index (κ1) is 14.6. The summed E-state index contributed by atoms with van der Waals surface area (Å²) in [6, 6.07) is 6.18. The van der Waals surface area contributed by atoms with E-state index in [1.807, 2.05) is 0 Å². The highest BCUT2D eigenvalue weighted by atomic mass is 32.1. The second-order valence-corrected chi connectivity index (χ2v) is 5.60. The molecule has 0 amide bonds. The first-order valence-electron chi connectivity index (χ1n) is 6.23. The lowest BCUT2D eigenvalue weighted by Gasteiger charge is -2.09. The number of benzene rings is 1. The quantitative estimate of drug-likeness (QED) is 0.787. The van der Waals surface area contributed by atoms with Crippen LogP contribution in [0.5, 0.6) is 0 Å². The normalized spacial score (nSPS) is 12.0. The molecule has 0 aliphatic heterocycles. The van der Waals surface area contributed by atoms with E-state index in [9.17, 15) is 22.8 Å². The smallest absolute Gasteiger partial charge is 0.306 e. The summed E-state index contributed by atoms with van der Waals surface area (Å²) in [5.74, 6) is 0. The number of hydrogen-bond donors (Lipinski definition) is 1. The van der Waals surface area contributed by atoms with Crippen LogP contribution in [-0.2, 0) is 12.7 Å². The number of nitrogens with one attached hydrogen (secondary N) is 1. The number of fused-ring (bicyclic) bond motifs is 1. The third-order valence-electron chi connectivity index (χ3n) is 3.19. The summed E-state index contributed by atoms with van der Waals surface area (Å²) in [5.41, 5.74) is -1.30. The topological polar surface area (TPSA) is 54.9 Å². The van der Waals surface area contributed by atoms with Gasteiger partial charge in [-0.3, -0.25) is 9.36 Å². The molecule has 0 saturated heterocycles. The molecule has 0 radical (unpaired) electrons. The van der Waals surface area contributed by atoms with E-state index >= 15 is 0 Å². The number of halogens is 3. The largest absolute Gasteiger partial charge is 0.416 e. The molecule has 4 nitrogen and oxygen atoms in total. The zero-order valence-corrected chi connectivity index (χ0v) is 11.8. The molecule has 0 spiro atoms. The summed E-state index contributed by atoms with van der Waals surface area (Å²) in [6.07, 6.45) is -4.47. The number of hydrogen-bond acceptors (Lipinski definition) is 3. The van der Waals surface area contributed by atoms with Gasteiger partial charge in [0.05, 0.1) is 17.6 Å². The third-order valence-corrected chi connectivity index (χ3v) is 4.09. The van der Waals surface area contributed by atoms with Crippen molar-refractivity contribution in [3.05, 3.63) is 67.7 Å². The first-order valence-corrected chi connectivity index (χ1v) is 7.11. The minimum Gasteiger partial charge on any atom is -0.306 e. The maximum atomic E-state index is 12.7. The van der Waals surface area contributed by atoms with E-state index in [0.717, 1.165) is 16.7 Å². The van der Waals surface area contributed by atoms with Gasteiger partial charge in [-0.25, -0.2) is 4.79 Å². The summed E-state index contributed by atoms with van der Waals surface area (Å²) in [5, 5.41) is 1.66. The van der Waals surface area contributed by atoms with Crippen molar-refractivity contribution in [1.82, 2.24) is 9.55 Å². The molecule has 0 atom stereocenters. The Kier molecular flexibility index (Phi) is 3.40. The highest BCUT2D eigenvalue weighted by Crippen LogP contribution is 2.29. The Morgan fingerprint density at radius 2 is 1.95 bits per heavy atom. The molecule has 0 bridgehead atoms. The van der Waals surface area contributed by atoms with Crippen LogP contribution in [0.25, 0.3) is 10.2 Å². The second kappa shape index (κ2) is 5.13. The van der Waals surface area contributed by atoms with Gasteiger partial charge in [-0.2, -0.15) is 13.2 Å². The molecule has 114 valence electrons. The maximum Gasteiger partial charge on any atom is 0.416 e. The predicted octanol–water partition coefficient (Wildman–Crippen LogP) is 2.82. The SMILES string of the molecule is O=c1[nH]c2ccsc2c(=O)n1Cc1cccc(C(F)(F)F)c1. The highest BCUT2D eigenvalue weighted by molar-refractivity contribution is 7.17. The van der Waals surface area contributed by atoms with Gasteiger partial charge in [-0.1, -0.05) is 12.1 Å². The standard InChI is InChI=1S/C14H9F3N2O2S/c15-14(16,17)9-3-1-2-8(6-9)7-19-12(20)11-10(4-5-22-11)18-13(19)21/h1-6H,7H2,(H,18,21). The van der Waals surface area contributed by atoms with Gasteiger partial charge in [0.15, 0.2) is 0 Å². The lowest BCUT2D eigenvalue weighted by atomic mass is 10.1. The van der Waals surface area contributed by atoms with Crippen LogP contribution in [0.4, 0.5) is 13.2 Å². The Morgan fingerprint density at radius 3 is 2.68 bits per heavy atom. The van der Waals surface area contributed by atoms with E-state index in [1.54, 1.807) is 11.4 Å². The van der Waals surface area contributed by atoms with Crippen molar-refractivity contribution in [2.24, 2.45) is 0 Å².